The first-order valence-corrected chi connectivity index (χ1v) is 13.5. The molecule has 0 aromatic carbocycles. The molecule has 0 aromatic heterocycles. The molecule has 0 amide bonds. The van der Waals surface area contributed by atoms with Gasteiger partial charge in [-0.05, 0) is 24.3 Å². The van der Waals surface area contributed by atoms with Crippen molar-refractivity contribution < 1.29 is 0 Å². The average molecular weight is 405 g/mol. The summed E-state index contributed by atoms with van der Waals surface area (Å²) in [5.41, 5.74) is 0. The minimum atomic E-state index is 1.18. The Balaban J connectivity index is 3.12. The maximum absolute atomic E-state index is 5.48. The summed E-state index contributed by atoms with van der Waals surface area (Å²) in [6.45, 7) is 4.57. The van der Waals surface area contributed by atoms with Crippen LogP contribution < -0.4 is 0 Å². The van der Waals surface area contributed by atoms with Crippen molar-refractivity contribution in [2.24, 2.45) is 0 Å². The fourth-order valence-electron chi connectivity index (χ4n) is 3.00. The van der Waals surface area contributed by atoms with Crippen molar-refractivity contribution in [1.82, 2.24) is 0 Å². The predicted molar refractivity (Wildman–Crippen MR) is 127 cm³/mol. The van der Waals surface area contributed by atoms with E-state index in [1.165, 1.54) is 124 Å². The molecule has 0 unspecified atom stereocenters. The zero-order valence-electron chi connectivity index (χ0n) is 17.2. The van der Waals surface area contributed by atoms with Gasteiger partial charge in [-0.3, -0.25) is 0 Å². The van der Waals surface area contributed by atoms with Crippen LogP contribution in [0, 0.1) is 0 Å². The minimum Gasteiger partial charge on any atom is -0.108 e. The third kappa shape index (κ3) is 22.7. The topological polar surface area (TPSA) is 0 Å². The molecular formula is C22H44S3. The number of rotatable bonds is 19. The highest BCUT2D eigenvalue weighted by Gasteiger charge is 2.00. The molecule has 0 heterocycles. The molecular weight excluding hydrogens is 360 g/mol. The van der Waals surface area contributed by atoms with Crippen LogP contribution in [0.5, 0.6) is 0 Å². The second kappa shape index (κ2) is 22.8. The second-order valence-corrected chi connectivity index (χ2v) is 10.6. The van der Waals surface area contributed by atoms with E-state index >= 15 is 0 Å². The molecule has 150 valence electrons. The van der Waals surface area contributed by atoms with Gasteiger partial charge in [0.2, 0.25) is 0 Å². The molecule has 0 N–H and O–H groups in total. The third-order valence-electron chi connectivity index (χ3n) is 4.69. The van der Waals surface area contributed by atoms with Crippen molar-refractivity contribution in [1.29, 1.82) is 0 Å². The summed E-state index contributed by atoms with van der Waals surface area (Å²) < 4.78 is 1.18. The maximum Gasteiger partial charge on any atom is 0.104 e. The SMILES string of the molecule is CCCCCCCCCCCCCSC(=S)SCCCCCCCC. The van der Waals surface area contributed by atoms with Crippen molar-refractivity contribution >= 4 is 39.3 Å². The molecule has 0 fully saturated rings. The smallest absolute Gasteiger partial charge is 0.104 e. The molecule has 0 radical (unpaired) electrons. The number of unbranched alkanes of at least 4 members (excludes halogenated alkanes) is 15. The van der Waals surface area contributed by atoms with Crippen LogP contribution in [0.2, 0.25) is 0 Å². The first-order chi connectivity index (χ1) is 12.3. The summed E-state index contributed by atoms with van der Waals surface area (Å²) in [5, 5.41) is 0. The van der Waals surface area contributed by atoms with Gasteiger partial charge in [0.05, 0.1) is 0 Å². The fraction of sp³-hybridized carbons (Fsp3) is 0.955. The Bertz CT molecular complexity index is 266. The lowest BCUT2D eigenvalue weighted by atomic mass is 10.1. The molecule has 0 rings (SSSR count). The van der Waals surface area contributed by atoms with Crippen LogP contribution in [-0.4, -0.2) is 15.0 Å². The summed E-state index contributed by atoms with van der Waals surface area (Å²) in [5.74, 6) is 2.47. The van der Waals surface area contributed by atoms with Crippen LogP contribution in [0.25, 0.3) is 0 Å². The van der Waals surface area contributed by atoms with Crippen molar-refractivity contribution in [3.8, 4) is 0 Å². The molecule has 0 aliphatic heterocycles. The lowest BCUT2D eigenvalue weighted by Gasteiger charge is -2.05. The summed E-state index contributed by atoms with van der Waals surface area (Å²) in [7, 11) is 0. The van der Waals surface area contributed by atoms with E-state index in [9.17, 15) is 0 Å². The average Bonchev–Trinajstić information content (AvgIpc) is 2.62. The van der Waals surface area contributed by atoms with E-state index in [1.807, 2.05) is 23.5 Å². The van der Waals surface area contributed by atoms with Crippen molar-refractivity contribution in [3.05, 3.63) is 0 Å². The molecule has 0 aromatic rings. The quantitative estimate of drug-likeness (QED) is 0.155. The van der Waals surface area contributed by atoms with Gasteiger partial charge in [0.25, 0.3) is 0 Å². The molecule has 0 bridgehead atoms. The van der Waals surface area contributed by atoms with Crippen LogP contribution in [-0.2, 0) is 0 Å². The van der Waals surface area contributed by atoms with E-state index in [0.717, 1.165) is 0 Å². The van der Waals surface area contributed by atoms with E-state index in [2.05, 4.69) is 13.8 Å². The van der Waals surface area contributed by atoms with Gasteiger partial charge in [-0.1, -0.05) is 122 Å². The summed E-state index contributed by atoms with van der Waals surface area (Å²) >= 11 is 9.32. The van der Waals surface area contributed by atoms with Crippen LogP contribution >= 0.6 is 35.7 Å². The summed E-state index contributed by atoms with van der Waals surface area (Å²) in [6.07, 6.45) is 24.0. The monoisotopic (exact) mass is 404 g/mol. The molecule has 25 heavy (non-hydrogen) atoms. The Hall–Kier alpha value is 0.790. The molecule has 0 aliphatic rings. The van der Waals surface area contributed by atoms with Crippen LogP contribution in [0.1, 0.15) is 123 Å². The third-order valence-corrected chi connectivity index (χ3v) is 7.56. The molecule has 0 nitrogen and oxygen atoms in total. The molecule has 3 heteroatoms. The van der Waals surface area contributed by atoms with Crippen LogP contribution in [0.4, 0.5) is 0 Å². The zero-order valence-corrected chi connectivity index (χ0v) is 19.6. The van der Waals surface area contributed by atoms with E-state index in [-0.39, 0.29) is 0 Å². The van der Waals surface area contributed by atoms with Gasteiger partial charge in [-0.25, -0.2) is 0 Å². The molecule has 0 atom stereocenters. The van der Waals surface area contributed by atoms with Crippen LogP contribution in [0.15, 0.2) is 0 Å². The minimum absolute atomic E-state index is 1.18. The number of thiocarbonyl (C=S) groups is 1. The highest BCUT2D eigenvalue weighted by molar-refractivity contribution is 8.47. The first kappa shape index (κ1) is 25.8. The first-order valence-electron chi connectivity index (χ1n) is 11.1. The van der Waals surface area contributed by atoms with Gasteiger partial charge in [0, 0.05) is 0 Å². The van der Waals surface area contributed by atoms with E-state index < -0.39 is 0 Å². The Labute approximate surface area is 173 Å². The van der Waals surface area contributed by atoms with Crippen molar-refractivity contribution in [3.63, 3.8) is 0 Å². The van der Waals surface area contributed by atoms with Crippen molar-refractivity contribution in [2.45, 2.75) is 123 Å². The van der Waals surface area contributed by atoms with E-state index in [0.29, 0.717) is 0 Å². The zero-order chi connectivity index (χ0) is 18.4. The lowest BCUT2D eigenvalue weighted by Crippen LogP contribution is -1.89. The van der Waals surface area contributed by atoms with Gasteiger partial charge in [0.1, 0.15) is 3.53 Å². The largest absolute Gasteiger partial charge is 0.108 e. The molecule has 0 spiro atoms. The van der Waals surface area contributed by atoms with Gasteiger partial charge in [-0.15, -0.1) is 23.5 Å². The molecule has 0 aliphatic carbocycles. The maximum atomic E-state index is 5.48. The molecule has 0 saturated carbocycles. The highest BCUT2D eigenvalue weighted by atomic mass is 32.2. The number of hydrogen-bond acceptors (Lipinski definition) is 3. The Morgan fingerprint density at radius 3 is 1.08 bits per heavy atom. The Morgan fingerprint density at radius 1 is 0.480 bits per heavy atom. The van der Waals surface area contributed by atoms with Gasteiger partial charge in [0.15, 0.2) is 0 Å². The second-order valence-electron chi connectivity index (χ2n) is 7.25. The van der Waals surface area contributed by atoms with E-state index in [4.69, 9.17) is 12.2 Å². The van der Waals surface area contributed by atoms with E-state index in [1.54, 1.807) is 0 Å². The fourth-order valence-corrected chi connectivity index (χ4v) is 5.36. The highest BCUT2D eigenvalue weighted by Crippen LogP contribution is 2.21. The summed E-state index contributed by atoms with van der Waals surface area (Å²) in [4.78, 5) is 0. The number of thioether (sulfide) groups is 2. The van der Waals surface area contributed by atoms with Crippen LogP contribution in [0.3, 0.4) is 0 Å². The normalized spacial score (nSPS) is 11.1. The van der Waals surface area contributed by atoms with Crippen molar-refractivity contribution in [2.75, 3.05) is 11.5 Å². The van der Waals surface area contributed by atoms with Gasteiger partial charge in [-0.2, -0.15) is 0 Å². The Kier molecular flexibility index (Phi) is 23.6. The molecule has 0 saturated heterocycles. The van der Waals surface area contributed by atoms with Gasteiger partial charge < -0.3 is 0 Å². The predicted octanol–water partition coefficient (Wildman–Crippen LogP) is 9.41. The number of hydrogen-bond donors (Lipinski definition) is 0. The standard InChI is InChI=1S/C22H44S3/c1-3-5-7-9-11-12-13-14-15-17-19-21-25-22(23)24-20-18-16-10-8-6-4-2/h3-21H2,1-2H3. The van der Waals surface area contributed by atoms with Gasteiger partial charge >= 0.3 is 0 Å². The lowest BCUT2D eigenvalue weighted by molar-refractivity contribution is 0.555. The Morgan fingerprint density at radius 2 is 0.760 bits per heavy atom. The summed E-state index contributed by atoms with van der Waals surface area (Å²) in [6, 6.07) is 0.